The zero-order chi connectivity index (χ0) is 25.5. The number of unbranched alkanes of at least 4 members (excludes halogenated alkanes) is 18. The number of aliphatic imine (C=N–C) groups is 2. The van der Waals surface area contributed by atoms with Gasteiger partial charge in [0.1, 0.15) is 18.0 Å². The predicted molar refractivity (Wildman–Crippen MR) is 161 cm³/mol. The van der Waals surface area contributed by atoms with Crippen molar-refractivity contribution in [1.29, 1.82) is 0 Å². The van der Waals surface area contributed by atoms with Crippen molar-refractivity contribution in [2.24, 2.45) is 9.98 Å². The summed E-state index contributed by atoms with van der Waals surface area (Å²) < 4.78 is 0. The van der Waals surface area contributed by atoms with E-state index in [1.54, 1.807) is 12.4 Å². The van der Waals surface area contributed by atoms with Crippen LogP contribution >= 0.6 is 0 Å². The molecule has 0 saturated carbocycles. The number of benzene rings is 1. The summed E-state index contributed by atoms with van der Waals surface area (Å²) in [5.41, 5.74) is 2.66. The largest absolute Gasteiger partial charge is 0.243 e. The van der Waals surface area contributed by atoms with Crippen molar-refractivity contribution in [1.82, 2.24) is 0 Å². The highest BCUT2D eigenvalue weighted by atomic mass is 15.0. The molecule has 2 nitrogen and oxygen atoms in total. The van der Waals surface area contributed by atoms with E-state index in [1.807, 2.05) is 0 Å². The second-order valence-electron chi connectivity index (χ2n) is 11.1. The minimum absolute atomic E-state index is 0.711. The zero-order valence-corrected chi connectivity index (χ0v) is 24.0. The van der Waals surface area contributed by atoms with Gasteiger partial charge in [-0.1, -0.05) is 142 Å². The van der Waals surface area contributed by atoms with E-state index in [0.717, 1.165) is 11.7 Å². The average molecular weight is 494 g/mol. The van der Waals surface area contributed by atoms with Crippen LogP contribution in [0.1, 0.15) is 172 Å². The molecule has 0 saturated heterocycles. The third-order valence-corrected chi connectivity index (χ3v) is 7.91. The van der Waals surface area contributed by atoms with E-state index in [-0.39, 0.29) is 0 Å². The van der Waals surface area contributed by atoms with E-state index in [1.165, 1.54) is 147 Å². The Kier molecular flexibility index (Phi) is 18.3. The molecule has 36 heavy (non-hydrogen) atoms. The summed E-state index contributed by atoms with van der Waals surface area (Å²) in [5, 5.41) is 0. The van der Waals surface area contributed by atoms with Gasteiger partial charge >= 0.3 is 0 Å². The van der Waals surface area contributed by atoms with E-state index in [4.69, 9.17) is 0 Å². The predicted octanol–water partition coefficient (Wildman–Crippen LogP) is 11.4. The number of rotatable bonds is 24. The fourth-order valence-electron chi connectivity index (χ4n) is 5.53. The molecule has 0 spiro atoms. The smallest absolute Gasteiger partial charge is 0.147 e. The molecule has 0 aromatic heterocycles. The van der Waals surface area contributed by atoms with Crippen LogP contribution in [0.15, 0.2) is 34.3 Å². The van der Waals surface area contributed by atoms with Crippen LogP contribution in [0.3, 0.4) is 0 Å². The van der Waals surface area contributed by atoms with Gasteiger partial charge in [-0.3, -0.25) is 0 Å². The van der Waals surface area contributed by atoms with Crippen molar-refractivity contribution in [3.63, 3.8) is 0 Å². The lowest BCUT2D eigenvalue weighted by molar-refractivity contribution is 0.481. The van der Waals surface area contributed by atoms with Crippen LogP contribution in [0.2, 0.25) is 0 Å². The second-order valence-corrected chi connectivity index (χ2v) is 11.1. The maximum absolute atomic E-state index is 4.36. The first-order valence-electron chi connectivity index (χ1n) is 15.9. The molecule has 202 valence electrons. The number of hydrogen-bond acceptors (Lipinski definition) is 2. The Morgan fingerprint density at radius 3 is 1.25 bits per heavy atom. The van der Waals surface area contributed by atoms with Gasteiger partial charge in [0.05, 0.1) is 0 Å². The number of hydrogen-bond donors (Lipinski definition) is 0. The van der Waals surface area contributed by atoms with Gasteiger partial charge < -0.3 is 0 Å². The molecule has 1 aromatic carbocycles. The molecule has 1 aliphatic rings. The van der Waals surface area contributed by atoms with E-state index < -0.39 is 0 Å². The minimum atomic E-state index is 0.711. The SMILES string of the molecule is CCCCCCCCCCCCCCC(CCCCCCCCCC)c1ccc([C+]2N=CC=N2)cc1. The summed E-state index contributed by atoms with van der Waals surface area (Å²) in [6, 6.07) is 9.16. The van der Waals surface area contributed by atoms with Gasteiger partial charge in [-0.05, 0) is 36.5 Å². The van der Waals surface area contributed by atoms with E-state index in [2.05, 4.69) is 48.1 Å². The third kappa shape index (κ3) is 14.2. The fourth-order valence-corrected chi connectivity index (χ4v) is 5.53. The summed E-state index contributed by atoms with van der Waals surface area (Å²) in [6.45, 7) is 4.60. The van der Waals surface area contributed by atoms with Crippen molar-refractivity contribution in [3.05, 3.63) is 41.6 Å². The molecule has 0 radical (unpaired) electrons. The zero-order valence-electron chi connectivity index (χ0n) is 24.0. The van der Waals surface area contributed by atoms with Gasteiger partial charge in [0.25, 0.3) is 0 Å². The van der Waals surface area contributed by atoms with Gasteiger partial charge in [0.15, 0.2) is 0 Å². The van der Waals surface area contributed by atoms with Crippen LogP contribution in [0.4, 0.5) is 0 Å². The average Bonchev–Trinajstić information content (AvgIpc) is 3.45. The van der Waals surface area contributed by atoms with E-state index >= 15 is 0 Å². The van der Waals surface area contributed by atoms with Gasteiger partial charge in [-0.25, -0.2) is 0 Å². The topological polar surface area (TPSA) is 24.7 Å². The van der Waals surface area contributed by atoms with Gasteiger partial charge in [0, 0.05) is 12.1 Å². The Labute approximate surface area is 224 Å². The molecule has 0 amide bonds. The van der Waals surface area contributed by atoms with Crippen LogP contribution in [0, 0.1) is 6.17 Å². The van der Waals surface area contributed by atoms with Crippen LogP contribution < -0.4 is 0 Å². The van der Waals surface area contributed by atoms with Crippen LogP contribution in [-0.2, 0) is 0 Å². The molecule has 0 fully saturated rings. The van der Waals surface area contributed by atoms with Gasteiger partial charge in [0.2, 0.25) is 6.17 Å². The lowest BCUT2D eigenvalue weighted by atomic mass is 9.87. The molecule has 2 rings (SSSR count). The van der Waals surface area contributed by atoms with Crippen LogP contribution in [0.25, 0.3) is 0 Å². The Balaban J connectivity index is 1.65. The first-order chi connectivity index (χ1) is 17.8. The van der Waals surface area contributed by atoms with E-state index in [9.17, 15) is 0 Å². The number of nitrogens with zero attached hydrogens (tertiary/aromatic N) is 2. The molecule has 1 heterocycles. The molecule has 1 unspecified atom stereocenters. The molecule has 0 N–H and O–H groups in total. The summed E-state index contributed by atoms with van der Waals surface area (Å²) in [4.78, 5) is 8.72. The highest BCUT2D eigenvalue weighted by molar-refractivity contribution is 6.18. The summed E-state index contributed by atoms with van der Waals surface area (Å²) in [5.74, 6) is 0.711. The minimum Gasteiger partial charge on any atom is -0.147 e. The lowest BCUT2D eigenvalue weighted by Crippen LogP contribution is -2.01. The first kappa shape index (κ1) is 30.7. The summed E-state index contributed by atoms with van der Waals surface area (Å²) >= 11 is 0. The Bertz CT molecular complexity index is 663. The summed E-state index contributed by atoms with van der Waals surface area (Å²) in [6.07, 6.45) is 35.5. The van der Waals surface area contributed by atoms with E-state index in [0.29, 0.717) is 5.92 Å². The molecule has 1 aliphatic heterocycles. The summed E-state index contributed by atoms with van der Waals surface area (Å²) in [7, 11) is 0. The highest BCUT2D eigenvalue weighted by Gasteiger charge is 2.19. The van der Waals surface area contributed by atoms with Crippen molar-refractivity contribution in [3.8, 4) is 0 Å². The standard InChI is InChI=1S/C34H57N2/c1-3-5-7-9-11-13-14-15-16-18-20-22-24-31(23-21-19-17-12-10-8-6-4-2)32-25-27-33(28-26-32)34-35-29-30-36-34/h25-31H,3-24H2,1-2H3/q+1. The lowest BCUT2D eigenvalue weighted by Gasteiger charge is -2.17. The van der Waals surface area contributed by atoms with Crippen molar-refractivity contribution in [2.75, 3.05) is 0 Å². The normalized spacial score (nSPS) is 13.7. The second kappa shape index (κ2) is 21.5. The first-order valence-corrected chi connectivity index (χ1v) is 15.9. The Morgan fingerprint density at radius 1 is 0.500 bits per heavy atom. The molecular formula is C34H57N2+. The van der Waals surface area contributed by atoms with Crippen LogP contribution in [0.5, 0.6) is 0 Å². The van der Waals surface area contributed by atoms with Crippen molar-refractivity contribution < 1.29 is 0 Å². The fraction of sp³-hybridized carbons (Fsp3) is 0.735. The molecule has 1 atom stereocenters. The molecule has 0 aliphatic carbocycles. The molecular weight excluding hydrogens is 436 g/mol. The molecule has 0 bridgehead atoms. The van der Waals surface area contributed by atoms with Crippen molar-refractivity contribution in [2.45, 2.75) is 161 Å². The monoisotopic (exact) mass is 493 g/mol. The maximum atomic E-state index is 4.36. The molecule has 2 heteroatoms. The maximum Gasteiger partial charge on any atom is 0.243 e. The highest BCUT2D eigenvalue weighted by Crippen LogP contribution is 2.30. The quantitative estimate of drug-likeness (QED) is 0.101. The Morgan fingerprint density at radius 2 is 0.861 bits per heavy atom. The van der Waals surface area contributed by atoms with Gasteiger partial charge in [-0.2, -0.15) is 0 Å². The van der Waals surface area contributed by atoms with Gasteiger partial charge in [-0.15, -0.1) is 9.98 Å². The van der Waals surface area contributed by atoms with Crippen molar-refractivity contribution >= 4 is 12.4 Å². The Hall–Kier alpha value is -1.57. The molecule has 1 aromatic rings. The third-order valence-electron chi connectivity index (χ3n) is 7.91. The van der Waals surface area contributed by atoms with Crippen LogP contribution in [-0.4, -0.2) is 12.4 Å².